The van der Waals surface area contributed by atoms with E-state index in [0.717, 1.165) is 0 Å². The molecule has 0 amide bonds. The Kier molecular flexibility index (Phi) is 4.61. The van der Waals surface area contributed by atoms with Crippen molar-refractivity contribution in [3.63, 3.8) is 0 Å². The van der Waals surface area contributed by atoms with Crippen LogP contribution in [0.15, 0.2) is 0 Å². The zero-order chi connectivity index (χ0) is 9.61. The van der Waals surface area contributed by atoms with Crippen molar-refractivity contribution in [3.8, 4) is 0 Å². The van der Waals surface area contributed by atoms with E-state index in [0.29, 0.717) is 0 Å². The van der Waals surface area contributed by atoms with E-state index in [1.54, 1.807) is 27.7 Å². The molecule has 0 radical (unpaired) electrons. The maximum Gasteiger partial charge on any atom is 0.542 e. The van der Waals surface area contributed by atoms with Gasteiger partial charge in [0.2, 0.25) is 0 Å². The lowest BCUT2D eigenvalue weighted by molar-refractivity contribution is -0.514. The van der Waals surface area contributed by atoms with E-state index < -0.39 is 11.8 Å². The second-order valence-electron chi connectivity index (χ2n) is 3.03. The van der Waals surface area contributed by atoms with Crippen molar-refractivity contribution in [1.82, 2.24) is 0 Å². The summed E-state index contributed by atoms with van der Waals surface area (Å²) >= 11 is 0. The fourth-order valence-electron chi connectivity index (χ4n) is 0.289. The molecular weight excluding hydrogens is 164 g/mol. The third-order valence-electron chi connectivity index (χ3n) is 0.648. The van der Waals surface area contributed by atoms with Crippen LogP contribution in [0.4, 0.5) is 4.79 Å². The van der Waals surface area contributed by atoms with Crippen molar-refractivity contribution in [1.29, 1.82) is 0 Å². The minimum Gasteiger partial charge on any atom is -0.433 e. The Balaban J connectivity index is 3.37. The van der Waals surface area contributed by atoms with Gasteiger partial charge in [-0.2, -0.15) is 4.89 Å². The maximum absolute atomic E-state index is 10.5. The lowest BCUT2D eigenvalue weighted by Crippen LogP contribution is -2.21. The average Bonchev–Trinajstić information content (AvgIpc) is 1.84. The molecule has 0 N–H and O–H groups in total. The van der Waals surface area contributed by atoms with Gasteiger partial charge in [0, 0.05) is 0 Å². The SMILES string of the molecule is CCOC(=O)OOOC(C)(C)C. The van der Waals surface area contributed by atoms with Gasteiger partial charge in [-0.3, -0.25) is 0 Å². The third kappa shape index (κ3) is 7.30. The molecule has 0 aliphatic rings. The van der Waals surface area contributed by atoms with Gasteiger partial charge in [-0.1, -0.05) is 0 Å². The molecule has 0 aliphatic carbocycles. The van der Waals surface area contributed by atoms with Gasteiger partial charge in [0.05, 0.1) is 12.2 Å². The minimum atomic E-state index is -0.915. The first-order chi connectivity index (χ1) is 5.45. The van der Waals surface area contributed by atoms with Crippen molar-refractivity contribution in [2.45, 2.75) is 33.3 Å². The molecule has 0 aromatic rings. The van der Waals surface area contributed by atoms with Crippen LogP contribution in [-0.4, -0.2) is 18.4 Å². The van der Waals surface area contributed by atoms with Crippen molar-refractivity contribution in [2.75, 3.05) is 6.61 Å². The topological polar surface area (TPSA) is 54.0 Å². The highest BCUT2D eigenvalue weighted by molar-refractivity contribution is 5.58. The van der Waals surface area contributed by atoms with Gasteiger partial charge >= 0.3 is 6.16 Å². The molecule has 0 saturated heterocycles. The normalized spacial score (nSPS) is 11.0. The predicted molar refractivity (Wildman–Crippen MR) is 40.0 cm³/mol. The molecule has 0 saturated carbocycles. The molecule has 0 aliphatic heterocycles. The number of hydrogen-bond acceptors (Lipinski definition) is 5. The van der Waals surface area contributed by atoms with Crippen LogP contribution in [0.25, 0.3) is 0 Å². The quantitative estimate of drug-likeness (QED) is 0.375. The van der Waals surface area contributed by atoms with E-state index in [-0.39, 0.29) is 6.61 Å². The van der Waals surface area contributed by atoms with Crippen LogP contribution in [0.1, 0.15) is 27.7 Å². The first-order valence-corrected chi connectivity index (χ1v) is 3.65. The summed E-state index contributed by atoms with van der Waals surface area (Å²) in [4.78, 5) is 19.2. The monoisotopic (exact) mass is 178 g/mol. The second-order valence-corrected chi connectivity index (χ2v) is 3.03. The zero-order valence-corrected chi connectivity index (χ0v) is 7.75. The number of rotatable bonds is 3. The summed E-state index contributed by atoms with van der Waals surface area (Å²) in [6, 6.07) is 0. The Morgan fingerprint density at radius 3 is 2.33 bits per heavy atom. The average molecular weight is 178 g/mol. The zero-order valence-electron chi connectivity index (χ0n) is 7.75. The number of carbonyl (C=O) groups excluding carboxylic acids is 1. The summed E-state index contributed by atoms with van der Waals surface area (Å²) in [7, 11) is 0. The smallest absolute Gasteiger partial charge is 0.433 e. The molecular formula is C7H14O5. The fourth-order valence-corrected chi connectivity index (χ4v) is 0.289. The molecule has 0 aromatic carbocycles. The van der Waals surface area contributed by atoms with Crippen LogP contribution in [0, 0.1) is 0 Å². The van der Waals surface area contributed by atoms with Crippen LogP contribution in [0.2, 0.25) is 0 Å². The molecule has 0 atom stereocenters. The van der Waals surface area contributed by atoms with Crippen molar-refractivity contribution >= 4 is 6.16 Å². The molecule has 0 rings (SSSR count). The fraction of sp³-hybridized carbons (Fsp3) is 0.857. The largest absolute Gasteiger partial charge is 0.542 e. The predicted octanol–water partition coefficient (Wildman–Crippen LogP) is 1.82. The molecule has 5 heteroatoms. The first-order valence-electron chi connectivity index (χ1n) is 3.65. The van der Waals surface area contributed by atoms with Crippen molar-refractivity contribution in [3.05, 3.63) is 0 Å². The second kappa shape index (κ2) is 4.95. The summed E-state index contributed by atoms with van der Waals surface area (Å²) in [6.45, 7) is 7.15. The van der Waals surface area contributed by atoms with Gasteiger partial charge in [-0.25, -0.2) is 9.68 Å². The lowest BCUT2D eigenvalue weighted by atomic mass is 10.2. The Morgan fingerprint density at radius 1 is 1.33 bits per heavy atom. The highest BCUT2D eigenvalue weighted by Crippen LogP contribution is 2.07. The summed E-state index contributed by atoms with van der Waals surface area (Å²) in [5, 5.41) is 4.14. The van der Waals surface area contributed by atoms with Gasteiger partial charge < -0.3 is 4.74 Å². The molecule has 0 heterocycles. The van der Waals surface area contributed by atoms with E-state index >= 15 is 0 Å². The molecule has 72 valence electrons. The third-order valence-corrected chi connectivity index (χ3v) is 0.648. The Morgan fingerprint density at radius 2 is 1.92 bits per heavy atom. The number of carbonyl (C=O) groups is 1. The van der Waals surface area contributed by atoms with Crippen LogP contribution in [-0.2, 0) is 19.6 Å². The van der Waals surface area contributed by atoms with Gasteiger partial charge in [0.1, 0.15) is 0 Å². The molecule has 0 unspecified atom stereocenters. The molecule has 0 bridgehead atoms. The van der Waals surface area contributed by atoms with Crippen LogP contribution < -0.4 is 0 Å². The highest BCUT2D eigenvalue weighted by atomic mass is 17.5. The minimum absolute atomic E-state index is 0.234. The van der Waals surface area contributed by atoms with E-state index in [2.05, 4.69) is 19.6 Å². The van der Waals surface area contributed by atoms with Gasteiger partial charge in [0.25, 0.3) is 0 Å². The van der Waals surface area contributed by atoms with Gasteiger partial charge in [-0.05, 0) is 32.7 Å². The van der Waals surface area contributed by atoms with E-state index in [9.17, 15) is 4.79 Å². The molecule has 12 heavy (non-hydrogen) atoms. The number of ether oxygens (including phenoxy) is 1. The lowest BCUT2D eigenvalue weighted by Gasteiger charge is -2.14. The maximum atomic E-state index is 10.5. The first kappa shape index (κ1) is 11.2. The van der Waals surface area contributed by atoms with Gasteiger partial charge in [0.15, 0.2) is 0 Å². The van der Waals surface area contributed by atoms with E-state index in [1.807, 2.05) is 0 Å². The van der Waals surface area contributed by atoms with E-state index in [1.165, 1.54) is 0 Å². The van der Waals surface area contributed by atoms with Crippen LogP contribution >= 0.6 is 0 Å². The Labute approximate surface area is 71.4 Å². The molecule has 0 fully saturated rings. The molecule has 0 aromatic heterocycles. The standard InChI is InChI=1S/C7H14O5/c1-5-9-6(8)10-12-11-7(2,3)4/h5H2,1-4H3. The molecule has 5 nitrogen and oxygen atoms in total. The Bertz CT molecular complexity index is 137. The number of hydrogen-bond donors (Lipinski definition) is 0. The summed E-state index contributed by atoms with van der Waals surface area (Å²) < 4.78 is 4.39. The Hall–Kier alpha value is -0.810. The van der Waals surface area contributed by atoms with Crippen molar-refractivity contribution < 1.29 is 24.3 Å². The van der Waals surface area contributed by atoms with Gasteiger partial charge in [-0.15, -0.1) is 0 Å². The molecule has 0 spiro atoms. The summed E-state index contributed by atoms with van der Waals surface area (Å²) in [6.07, 6.45) is -0.915. The van der Waals surface area contributed by atoms with Crippen LogP contribution in [0.3, 0.4) is 0 Å². The summed E-state index contributed by atoms with van der Waals surface area (Å²) in [5.74, 6) is 0. The van der Waals surface area contributed by atoms with Crippen LogP contribution in [0.5, 0.6) is 0 Å². The van der Waals surface area contributed by atoms with E-state index in [4.69, 9.17) is 0 Å². The summed E-state index contributed by atoms with van der Waals surface area (Å²) in [5.41, 5.74) is -0.521. The van der Waals surface area contributed by atoms with Crippen molar-refractivity contribution in [2.24, 2.45) is 0 Å². The highest BCUT2D eigenvalue weighted by Gasteiger charge is 2.14.